The van der Waals surface area contributed by atoms with Crippen molar-refractivity contribution in [2.45, 2.75) is 25.9 Å². The van der Waals surface area contributed by atoms with Crippen molar-refractivity contribution in [1.82, 2.24) is 5.32 Å². The average molecular weight is 322 g/mol. The van der Waals surface area contributed by atoms with Gasteiger partial charge in [0.2, 0.25) is 0 Å². The monoisotopic (exact) mass is 321 g/mol. The third-order valence-electron chi connectivity index (χ3n) is 2.49. The first-order valence-corrected chi connectivity index (χ1v) is 7.98. The van der Waals surface area contributed by atoms with Crippen molar-refractivity contribution in [2.75, 3.05) is 12.0 Å². The third kappa shape index (κ3) is 5.75. The molecule has 5 heteroatoms. The normalized spacial score (nSPS) is 14.6. The molecular formula is C12H17BrFNOS. The summed E-state index contributed by atoms with van der Waals surface area (Å²) in [6.45, 7) is 2.51. The SMILES string of the molecule is CC(CCS(C)=O)NCc1ccc(Br)cc1F. The van der Waals surface area contributed by atoms with Crippen LogP contribution in [0.3, 0.4) is 0 Å². The Morgan fingerprint density at radius 3 is 2.82 bits per heavy atom. The number of hydrogen-bond donors (Lipinski definition) is 1. The molecule has 0 radical (unpaired) electrons. The molecule has 2 atom stereocenters. The second-order valence-corrected chi connectivity index (χ2v) is 6.55. The highest BCUT2D eigenvalue weighted by atomic mass is 79.9. The van der Waals surface area contributed by atoms with Crippen LogP contribution in [0.2, 0.25) is 0 Å². The van der Waals surface area contributed by atoms with Crippen molar-refractivity contribution in [3.8, 4) is 0 Å². The average Bonchev–Trinajstić information content (AvgIpc) is 2.25. The second-order valence-electron chi connectivity index (χ2n) is 4.08. The van der Waals surface area contributed by atoms with E-state index in [1.165, 1.54) is 6.07 Å². The quantitative estimate of drug-likeness (QED) is 0.873. The van der Waals surface area contributed by atoms with Crippen LogP contribution in [0.5, 0.6) is 0 Å². The maximum Gasteiger partial charge on any atom is 0.128 e. The maximum atomic E-state index is 13.5. The Bertz CT molecular complexity index is 400. The molecule has 0 aliphatic heterocycles. The molecule has 0 saturated carbocycles. The molecule has 0 aliphatic carbocycles. The van der Waals surface area contributed by atoms with E-state index in [1.54, 1.807) is 12.3 Å². The molecule has 0 amide bonds. The summed E-state index contributed by atoms with van der Waals surface area (Å²) in [5, 5.41) is 3.22. The lowest BCUT2D eigenvalue weighted by Crippen LogP contribution is -2.27. The number of hydrogen-bond acceptors (Lipinski definition) is 2. The minimum absolute atomic E-state index is 0.210. The number of benzene rings is 1. The second kappa shape index (κ2) is 7.24. The molecule has 1 rings (SSSR count). The van der Waals surface area contributed by atoms with Gasteiger partial charge in [-0.3, -0.25) is 4.21 Å². The first-order chi connectivity index (χ1) is 7.99. The summed E-state index contributed by atoms with van der Waals surface area (Å²) in [4.78, 5) is 0. The standard InChI is InChI=1S/C12H17BrFNOS/c1-9(5-6-17(2)16)15-8-10-3-4-11(13)7-12(10)14/h3-4,7,9,15H,5-6,8H2,1-2H3. The van der Waals surface area contributed by atoms with Crippen LogP contribution in [-0.2, 0) is 17.3 Å². The smallest absolute Gasteiger partial charge is 0.128 e. The van der Waals surface area contributed by atoms with Crippen molar-refractivity contribution >= 4 is 26.7 Å². The summed E-state index contributed by atoms with van der Waals surface area (Å²) in [6, 6.07) is 5.29. The number of nitrogens with one attached hydrogen (secondary N) is 1. The van der Waals surface area contributed by atoms with Gasteiger partial charge in [0.1, 0.15) is 5.82 Å². The highest BCUT2D eigenvalue weighted by Gasteiger charge is 2.06. The summed E-state index contributed by atoms with van der Waals surface area (Å²) >= 11 is 3.22. The van der Waals surface area contributed by atoms with Gasteiger partial charge in [-0.25, -0.2) is 4.39 Å². The molecule has 1 aromatic carbocycles. The van der Waals surface area contributed by atoms with E-state index in [9.17, 15) is 8.60 Å². The molecule has 0 fully saturated rings. The van der Waals surface area contributed by atoms with E-state index in [2.05, 4.69) is 21.2 Å². The Hall–Kier alpha value is -0.260. The van der Waals surface area contributed by atoms with E-state index in [1.807, 2.05) is 13.0 Å². The first-order valence-electron chi connectivity index (χ1n) is 5.46. The van der Waals surface area contributed by atoms with E-state index >= 15 is 0 Å². The molecule has 0 aromatic heterocycles. The van der Waals surface area contributed by atoms with Crippen LogP contribution in [0.25, 0.3) is 0 Å². The van der Waals surface area contributed by atoms with Crippen molar-refractivity contribution in [2.24, 2.45) is 0 Å². The molecule has 0 bridgehead atoms. The molecule has 96 valence electrons. The van der Waals surface area contributed by atoms with Crippen LogP contribution in [0, 0.1) is 5.82 Å². The fraction of sp³-hybridized carbons (Fsp3) is 0.500. The van der Waals surface area contributed by atoms with Gasteiger partial charge in [-0.05, 0) is 25.5 Å². The van der Waals surface area contributed by atoms with Gasteiger partial charge in [-0.2, -0.15) is 0 Å². The minimum atomic E-state index is -0.762. The Morgan fingerprint density at radius 2 is 2.24 bits per heavy atom. The Morgan fingerprint density at radius 1 is 1.53 bits per heavy atom. The Balaban J connectivity index is 2.41. The van der Waals surface area contributed by atoms with E-state index in [0.717, 1.165) is 10.9 Å². The van der Waals surface area contributed by atoms with Crippen LogP contribution in [-0.4, -0.2) is 22.3 Å². The van der Waals surface area contributed by atoms with Gasteiger partial charge >= 0.3 is 0 Å². The number of halogens is 2. The van der Waals surface area contributed by atoms with Gasteiger partial charge < -0.3 is 5.32 Å². The van der Waals surface area contributed by atoms with E-state index < -0.39 is 10.8 Å². The molecule has 1 N–H and O–H groups in total. The molecule has 17 heavy (non-hydrogen) atoms. The van der Waals surface area contributed by atoms with Gasteiger partial charge in [-0.15, -0.1) is 0 Å². The molecular weight excluding hydrogens is 305 g/mol. The lowest BCUT2D eigenvalue weighted by atomic mass is 10.2. The first kappa shape index (κ1) is 14.8. The largest absolute Gasteiger partial charge is 0.310 e. The zero-order valence-electron chi connectivity index (χ0n) is 10.0. The maximum absolute atomic E-state index is 13.5. The predicted molar refractivity (Wildman–Crippen MR) is 74.0 cm³/mol. The fourth-order valence-electron chi connectivity index (χ4n) is 1.39. The van der Waals surface area contributed by atoms with Gasteiger partial charge in [-0.1, -0.05) is 22.0 Å². The highest BCUT2D eigenvalue weighted by molar-refractivity contribution is 9.10. The third-order valence-corrected chi connectivity index (χ3v) is 3.80. The molecule has 2 unspecified atom stereocenters. The van der Waals surface area contributed by atoms with Crippen molar-refractivity contribution < 1.29 is 8.60 Å². The van der Waals surface area contributed by atoms with Crippen molar-refractivity contribution in [3.63, 3.8) is 0 Å². The lowest BCUT2D eigenvalue weighted by molar-refractivity contribution is 0.517. The Kier molecular flexibility index (Phi) is 6.30. The highest BCUT2D eigenvalue weighted by Crippen LogP contribution is 2.15. The van der Waals surface area contributed by atoms with Gasteiger partial charge in [0, 0.05) is 45.4 Å². The van der Waals surface area contributed by atoms with E-state index in [-0.39, 0.29) is 11.9 Å². The minimum Gasteiger partial charge on any atom is -0.310 e. The summed E-state index contributed by atoms with van der Waals surface area (Å²) < 4.78 is 25.2. The van der Waals surface area contributed by atoms with Gasteiger partial charge in [0.05, 0.1) is 0 Å². The fourth-order valence-corrected chi connectivity index (χ4v) is 2.41. The predicted octanol–water partition coefficient (Wildman–Crippen LogP) is 2.83. The van der Waals surface area contributed by atoms with Crippen LogP contribution < -0.4 is 5.32 Å². The van der Waals surface area contributed by atoms with Gasteiger partial charge in [0.25, 0.3) is 0 Å². The summed E-state index contributed by atoms with van der Waals surface area (Å²) in [5.74, 6) is 0.468. The van der Waals surface area contributed by atoms with Gasteiger partial charge in [0.15, 0.2) is 0 Å². The lowest BCUT2D eigenvalue weighted by Gasteiger charge is -2.13. The molecule has 0 saturated heterocycles. The zero-order valence-corrected chi connectivity index (χ0v) is 12.4. The molecule has 1 aromatic rings. The summed E-state index contributed by atoms with van der Waals surface area (Å²) in [5.41, 5.74) is 0.651. The Labute approximate surface area is 113 Å². The molecule has 2 nitrogen and oxygen atoms in total. The topological polar surface area (TPSA) is 29.1 Å². The van der Waals surface area contributed by atoms with Crippen LogP contribution in [0.4, 0.5) is 4.39 Å². The zero-order chi connectivity index (χ0) is 12.8. The van der Waals surface area contributed by atoms with E-state index in [0.29, 0.717) is 17.9 Å². The van der Waals surface area contributed by atoms with Crippen LogP contribution in [0.15, 0.2) is 22.7 Å². The summed E-state index contributed by atoms with van der Waals surface area (Å²) in [6.07, 6.45) is 2.53. The van der Waals surface area contributed by atoms with Crippen LogP contribution in [0.1, 0.15) is 18.9 Å². The number of rotatable bonds is 6. The van der Waals surface area contributed by atoms with Crippen molar-refractivity contribution in [3.05, 3.63) is 34.1 Å². The summed E-state index contributed by atoms with van der Waals surface area (Å²) in [7, 11) is -0.762. The molecule has 0 spiro atoms. The van der Waals surface area contributed by atoms with Crippen molar-refractivity contribution in [1.29, 1.82) is 0 Å². The van der Waals surface area contributed by atoms with E-state index in [4.69, 9.17) is 0 Å². The van der Waals surface area contributed by atoms with Crippen LogP contribution >= 0.6 is 15.9 Å². The molecule has 0 heterocycles. The molecule has 0 aliphatic rings.